The normalized spacial score (nSPS) is 11.8. The number of ketones is 1. The SMILES string of the molecule is Cc1csc(C/C(N)=N/OCC(=O)c2cc(C)n(CCc3cccs3)c2C)n1. The third-order valence-electron chi connectivity index (χ3n) is 4.41. The predicted molar refractivity (Wildman–Crippen MR) is 114 cm³/mol. The molecule has 0 fully saturated rings. The third kappa shape index (κ3) is 5.08. The van der Waals surface area contributed by atoms with E-state index in [0.29, 0.717) is 17.8 Å². The second-order valence-corrected chi connectivity index (χ2v) is 8.58. The second-order valence-electron chi connectivity index (χ2n) is 6.60. The lowest BCUT2D eigenvalue weighted by molar-refractivity contribution is 0.0774. The van der Waals surface area contributed by atoms with Crippen molar-refractivity contribution < 1.29 is 9.63 Å². The van der Waals surface area contributed by atoms with Gasteiger partial charge in [-0.25, -0.2) is 4.98 Å². The van der Waals surface area contributed by atoms with Crippen LogP contribution in [0.3, 0.4) is 0 Å². The van der Waals surface area contributed by atoms with E-state index in [4.69, 9.17) is 10.6 Å². The molecule has 148 valence electrons. The summed E-state index contributed by atoms with van der Waals surface area (Å²) in [7, 11) is 0. The van der Waals surface area contributed by atoms with E-state index in [1.807, 2.05) is 32.2 Å². The molecule has 0 amide bonds. The zero-order chi connectivity index (χ0) is 20.1. The lowest BCUT2D eigenvalue weighted by Gasteiger charge is -2.09. The van der Waals surface area contributed by atoms with Gasteiger partial charge in [0.15, 0.2) is 6.61 Å². The zero-order valence-electron chi connectivity index (χ0n) is 16.3. The van der Waals surface area contributed by atoms with Gasteiger partial charge in [-0.3, -0.25) is 4.79 Å². The highest BCUT2D eigenvalue weighted by Crippen LogP contribution is 2.18. The number of amidine groups is 1. The molecule has 0 aliphatic carbocycles. The Labute approximate surface area is 172 Å². The smallest absolute Gasteiger partial charge is 0.204 e. The standard InChI is InChI=1S/C20H24N4O2S2/c1-13-12-28-20(22-13)10-19(21)23-26-11-18(25)17-9-14(2)24(15(17)3)7-6-16-5-4-8-27-16/h4-5,8-9,12H,6-7,10-11H2,1-3H3,(H2,21,23). The molecular formula is C20H24N4O2S2. The lowest BCUT2D eigenvalue weighted by Crippen LogP contribution is -2.17. The zero-order valence-corrected chi connectivity index (χ0v) is 17.9. The summed E-state index contributed by atoms with van der Waals surface area (Å²) in [6.07, 6.45) is 1.37. The van der Waals surface area contributed by atoms with Gasteiger partial charge in [0.1, 0.15) is 10.8 Å². The molecule has 0 aliphatic heterocycles. The van der Waals surface area contributed by atoms with E-state index in [0.717, 1.165) is 35.1 Å². The highest BCUT2D eigenvalue weighted by Gasteiger charge is 2.16. The molecule has 0 bridgehead atoms. The van der Waals surface area contributed by atoms with Gasteiger partial charge in [-0.05, 0) is 44.7 Å². The van der Waals surface area contributed by atoms with Crippen LogP contribution in [0.5, 0.6) is 0 Å². The maximum absolute atomic E-state index is 12.6. The van der Waals surface area contributed by atoms with Crippen molar-refractivity contribution in [1.29, 1.82) is 0 Å². The van der Waals surface area contributed by atoms with Crippen LogP contribution in [0.15, 0.2) is 34.1 Å². The first kappa shape index (κ1) is 20.3. The second kappa shape index (κ2) is 9.16. The number of nitrogens with two attached hydrogens (primary N) is 1. The van der Waals surface area contributed by atoms with Crippen LogP contribution in [-0.4, -0.2) is 27.8 Å². The van der Waals surface area contributed by atoms with Crippen molar-refractivity contribution in [1.82, 2.24) is 9.55 Å². The molecule has 0 atom stereocenters. The summed E-state index contributed by atoms with van der Waals surface area (Å²) in [4.78, 5) is 23.4. The van der Waals surface area contributed by atoms with Crippen molar-refractivity contribution in [3.8, 4) is 0 Å². The largest absolute Gasteiger partial charge is 0.386 e. The summed E-state index contributed by atoms with van der Waals surface area (Å²) in [5.74, 6) is 0.209. The minimum atomic E-state index is -0.132. The Hall–Kier alpha value is -2.45. The number of hydrogen-bond acceptors (Lipinski definition) is 6. The predicted octanol–water partition coefficient (Wildman–Crippen LogP) is 3.89. The lowest BCUT2D eigenvalue weighted by atomic mass is 10.1. The highest BCUT2D eigenvalue weighted by atomic mass is 32.1. The van der Waals surface area contributed by atoms with Crippen LogP contribution in [0, 0.1) is 20.8 Å². The van der Waals surface area contributed by atoms with Gasteiger partial charge in [-0.1, -0.05) is 11.2 Å². The Morgan fingerprint density at radius 3 is 2.82 bits per heavy atom. The van der Waals surface area contributed by atoms with Crippen molar-refractivity contribution in [3.05, 3.63) is 61.5 Å². The monoisotopic (exact) mass is 416 g/mol. The van der Waals surface area contributed by atoms with Crippen LogP contribution in [0.4, 0.5) is 0 Å². The molecule has 0 unspecified atom stereocenters. The van der Waals surface area contributed by atoms with E-state index in [2.05, 4.69) is 32.2 Å². The molecular weight excluding hydrogens is 392 g/mol. The Balaban J connectivity index is 1.56. The fourth-order valence-corrected chi connectivity index (χ4v) is 4.51. The molecule has 0 aliphatic rings. The quantitative estimate of drug-likeness (QED) is 0.248. The molecule has 0 saturated carbocycles. The summed E-state index contributed by atoms with van der Waals surface area (Å²) >= 11 is 3.28. The van der Waals surface area contributed by atoms with Gasteiger partial charge in [0.2, 0.25) is 5.78 Å². The Morgan fingerprint density at radius 1 is 1.32 bits per heavy atom. The van der Waals surface area contributed by atoms with Gasteiger partial charge in [0, 0.05) is 39.4 Å². The van der Waals surface area contributed by atoms with E-state index in [1.165, 1.54) is 16.2 Å². The average molecular weight is 417 g/mol. The van der Waals surface area contributed by atoms with Gasteiger partial charge >= 0.3 is 0 Å². The molecule has 3 aromatic heterocycles. The number of oxime groups is 1. The van der Waals surface area contributed by atoms with Gasteiger partial charge in [0.05, 0.1) is 6.42 Å². The number of thiazole rings is 1. The van der Waals surface area contributed by atoms with Crippen LogP contribution in [-0.2, 0) is 24.2 Å². The maximum atomic E-state index is 12.6. The summed E-state index contributed by atoms with van der Waals surface area (Å²) in [6, 6.07) is 6.11. The highest BCUT2D eigenvalue weighted by molar-refractivity contribution is 7.10. The Bertz CT molecular complexity index is 971. The molecule has 3 heterocycles. The van der Waals surface area contributed by atoms with Gasteiger partial charge in [0.25, 0.3) is 0 Å². The fraction of sp³-hybridized carbons (Fsp3) is 0.350. The van der Waals surface area contributed by atoms with E-state index < -0.39 is 0 Å². The van der Waals surface area contributed by atoms with E-state index in [-0.39, 0.29) is 12.4 Å². The minimum absolute atomic E-state index is 0.0999. The van der Waals surface area contributed by atoms with Crippen LogP contribution in [0.25, 0.3) is 0 Å². The number of aromatic nitrogens is 2. The van der Waals surface area contributed by atoms with E-state index in [9.17, 15) is 4.79 Å². The maximum Gasteiger partial charge on any atom is 0.204 e. The molecule has 0 radical (unpaired) electrons. The minimum Gasteiger partial charge on any atom is -0.386 e. The van der Waals surface area contributed by atoms with Crippen LogP contribution in [0.1, 0.15) is 37.3 Å². The van der Waals surface area contributed by atoms with Crippen LogP contribution >= 0.6 is 22.7 Å². The van der Waals surface area contributed by atoms with Gasteiger partial charge < -0.3 is 15.1 Å². The molecule has 0 aromatic carbocycles. The molecule has 3 aromatic rings. The van der Waals surface area contributed by atoms with Crippen molar-refractivity contribution in [2.75, 3.05) is 6.61 Å². The first-order valence-electron chi connectivity index (χ1n) is 9.01. The number of carbonyl (C=O) groups excluding carboxylic acids is 1. The van der Waals surface area contributed by atoms with Crippen LogP contribution in [0.2, 0.25) is 0 Å². The van der Waals surface area contributed by atoms with Gasteiger partial charge in [-0.2, -0.15) is 0 Å². The summed E-state index contributed by atoms with van der Waals surface area (Å²) in [5, 5.41) is 8.78. The first-order chi connectivity index (χ1) is 13.4. The van der Waals surface area contributed by atoms with Crippen molar-refractivity contribution in [2.24, 2.45) is 10.9 Å². The first-order valence-corrected chi connectivity index (χ1v) is 10.8. The van der Waals surface area contributed by atoms with Crippen LogP contribution < -0.4 is 5.73 Å². The summed E-state index contributed by atoms with van der Waals surface area (Å²) < 4.78 is 2.18. The Morgan fingerprint density at radius 2 is 2.14 bits per heavy atom. The number of carbonyl (C=O) groups is 1. The van der Waals surface area contributed by atoms with Crippen molar-refractivity contribution in [3.63, 3.8) is 0 Å². The number of hydrogen-bond donors (Lipinski definition) is 1. The summed E-state index contributed by atoms with van der Waals surface area (Å²) in [5.41, 5.74) is 9.52. The molecule has 28 heavy (non-hydrogen) atoms. The molecule has 8 heteroatoms. The van der Waals surface area contributed by atoms with Crippen molar-refractivity contribution in [2.45, 2.75) is 40.2 Å². The topological polar surface area (TPSA) is 82.5 Å². The van der Waals surface area contributed by atoms with Crippen molar-refractivity contribution >= 4 is 34.3 Å². The number of Topliss-reactive ketones (excluding diaryl/α,β-unsaturated/α-hetero) is 1. The molecule has 2 N–H and O–H groups in total. The number of nitrogens with zero attached hydrogens (tertiary/aromatic N) is 3. The fourth-order valence-electron chi connectivity index (χ4n) is 3.03. The molecule has 0 saturated heterocycles. The summed E-state index contributed by atoms with van der Waals surface area (Å²) in [6.45, 7) is 6.64. The van der Waals surface area contributed by atoms with E-state index in [1.54, 1.807) is 11.3 Å². The molecule has 6 nitrogen and oxygen atoms in total. The molecule has 0 spiro atoms. The third-order valence-corrected chi connectivity index (χ3v) is 6.32. The van der Waals surface area contributed by atoms with Gasteiger partial charge in [-0.15, -0.1) is 22.7 Å². The molecule has 3 rings (SSSR count). The van der Waals surface area contributed by atoms with E-state index >= 15 is 0 Å². The number of thiophene rings is 1. The Kier molecular flexibility index (Phi) is 6.64. The average Bonchev–Trinajstić information content (AvgIpc) is 3.36. The number of rotatable bonds is 9. The number of aryl methyl sites for hydroxylation is 3.